The van der Waals surface area contributed by atoms with E-state index >= 15 is 0 Å². The number of aryl methyl sites for hydroxylation is 1. The third-order valence-electron chi connectivity index (χ3n) is 3.93. The molecule has 128 valence electrons. The zero-order valence-electron chi connectivity index (χ0n) is 14.0. The number of halogens is 1. The highest BCUT2D eigenvalue weighted by molar-refractivity contribution is 5.76. The number of nitrogens with zero attached hydrogens (tertiary/aromatic N) is 2. The Morgan fingerprint density at radius 3 is 2.60 bits per heavy atom. The Labute approximate surface area is 145 Å². The highest BCUT2D eigenvalue weighted by atomic mass is 19.1. The van der Waals surface area contributed by atoms with Gasteiger partial charge >= 0.3 is 0 Å². The molecular formula is C20H19FN2O2. The van der Waals surface area contributed by atoms with Gasteiger partial charge in [-0.15, -0.1) is 0 Å². The van der Waals surface area contributed by atoms with Crippen molar-refractivity contribution in [2.45, 2.75) is 19.4 Å². The van der Waals surface area contributed by atoms with Gasteiger partial charge < -0.3 is 9.32 Å². The molecule has 0 aliphatic carbocycles. The van der Waals surface area contributed by atoms with Crippen molar-refractivity contribution >= 4 is 5.91 Å². The van der Waals surface area contributed by atoms with Crippen molar-refractivity contribution in [1.82, 2.24) is 9.88 Å². The number of aromatic nitrogens is 1. The van der Waals surface area contributed by atoms with E-state index in [0.717, 1.165) is 5.56 Å². The average Bonchev–Trinajstić information content (AvgIpc) is 3.09. The molecule has 25 heavy (non-hydrogen) atoms. The summed E-state index contributed by atoms with van der Waals surface area (Å²) in [7, 11) is 1.77. The number of hydrogen-bond acceptors (Lipinski definition) is 3. The average molecular weight is 338 g/mol. The van der Waals surface area contributed by atoms with E-state index in [1.807, 2.05) is 30.3 Å². The smallest absolute Gasteiger partial charge is 0.223 e. The molecule has 0 saturated heterocycles. The SMILES string of the molecule is CN(Cc1ccccc1)C(=O)CCc1ncc(-c2ccccc2F)o1. The largest absolute Gasteiger partial charge is 0.441 e. The first-order chi connectivity index (χ1) is 12.1. The van der Waals surface area contributed by atoms with Crippen molar-refractivity contribution < 1.29 is 13.6 Å². The maximum Gasteiger partial charge on any atom is 0.223 e. The normalized spacial score (nSPS) is 10.6. The number of hydrogen-bond donors (Lipinski definition) is 0. The summed E-state index contributed by atoms with van der Waals surface area (Å²) in [5.41, 5.74) is 1.45. The summed E-state index contributed by atoms with van der Waals surface area (Å²) in [6.07, 6.45) is 2.17. The molecule has 2 aromatic carbocycles. The van der Waals surface area contributed by atoms with E-state index in [-0.39, 0.29) is 11.7 Å². The minimum Gasteiger partial charge on any atom is -0.441 e. The lowest BCUT2D eigenvalue weighted by molar-refractivity contribution is -0.130. The maximum atomic E-state index is 13.8. The number of carbonyl (C=O) groups excluding carboxylic acids is 1. The van der Waals surface area contributed by atoms with Gasteiger partial charge in [0, 0.05) is 26.4 Å². The minimum atomic E-state index is -0.358. The third kappa shape index (κ3) is 4.32. The number of oxazole rings is 1. The zero-order chi connectivity index (χ0) is 17.6. The summed E-state index contributed by atoms with van der Waals surface area (Å²) < 4.78 is 19.3. The Kier molecular flexibility index (Phi) is 5.23. The zero-order valence-corrected chi connectivity index (χ0v) is 14.0. The summed E-state index contributed by atoms with van der Waals surface area (Å²) in [5, 5.41) is 0. The Bertz CT molecular complexity index is 846. The van der Waals surface area contributed by atoms with Crippen LogP contribution in [0.5, 0.6) is 0 Å². The fraction of sp³-hybridized carbons (Fsp3) is 0.200. The molecule has 3 rings (SSSR count). The van der Waals surface area contributed by atoms with Crippen molar-refractivity contribution in [3.05, 3.63) is 78.1 Å². The summed E-state index contributed by atoms with van der Waals surface area (Å²) in [6.45, 7) is 0.561. The van der Waals surface area contributed by atoms with E-state index in [2.05, 4.69) is 4.98 Å². The molecule has 1 aromatic heterocycles. The number of amides is 1. The number of rotatable bonds is 6. The van der Waals surface area contributed by atoms with Crippen LogP contribution in [-0.2, 0) is 17.8 Å². The van der Waals surface area contributed by atoms with Crippen LogP contribution < -0.4 is 0 Å². The standard InChI is InChI=1S/C20H19FN2O2/c1-23(14-15-7-3-2-4-8-15)20(24)12-11-19-22-13-18(25-19)16-9-5-6-10-17(16)21/h2-10,13H,11-12,14H2,1H3. The number of benzene rings is 2. The predicted octanol–water partition coefficient (Wildman–Crippen LogP) is 4.07. The van der Waals surface area contributed by atoms with Crippen LogP contribution in [-0.4, -0.2) is 22.8 Å². The van der Waals surface area contributed by atoms with Gasteiger partial charge in [-0.3, -0.25) is 4.79 Å². The molecule has 0 fully saturated rings. The monoisotopic (exact) mass is 338 g/mol. The van der Waals surface area contributed by atoms with E-state index in [1.54, 1.807) is 30.1 Å². The lowest BCUT2D eigenvalue weighted by atomic mass is 10.2. The molecule has 0 unspecified atom stereocenters. The van der Waals surface area contributed by atoms with Crippen molar-refractivity contribution in [3.8, 4) is 11.3 Å². The predicted molar refractivity (Wildman–Crippen MR) is 93.1 cm³/mol. The van der Waals surface area contributed by atoms with E-state index in [4.69, 9.17) is 4.42 Å². The van der Waals surface area contributed by atoms with E-state index in [0.29, 0.717) is 36.6 Å². The first-order valence-corrected chi connectivity index (χ1v) is 8.11. The molecule has 0 N–H and O–H groups in total. The second-order valence-corrected chi connectivity index (χ2v) is 5.83. The summed E-state index contributed by atoms with van der Waals surface area (Å²) in [5.74, 6) is 0.455. The molecular weight excluding hydrogens is 319 g/mol. The molecule has 3 aromatic rings. The van der Waals surface area contributed by atoms with Crippen molar-refractivity contribution in [2.75, 3.05) is 7.05 Å². The van der Waals surface area contributed by atoms with E-state index in [9.17, 15) is 9.18 Å². The van der Waals surface area contributed by atoms with Crippen molar-refractivity contribution in [1.29, 1.82) is 0 Å². The van der Waals surface area contributed by atoms with Crippen LogP contribution >= 0.6 is 0 Å². The van der Waals surface area contributed by atoms with Crippen LogP contribution in [0, 0.1) is 5.82 Å². The summed E-state index contributed by atoms with van der Waals surface area (Å²) in [6, 6.07) is 16.2. The van der Waals surface area contributed by atoms with Gasteiger partial charge in [-0.2, -0.15) is 0 Å². The highest BCUT2D eigenvalue weighted by Crippen LogP contribution is 2.23. The van der Waals surface area contributed by atoms with Crippen LogP contribution in [0.2, 0.25) is 0 Å². The Morgan fingerprint density at radius 1 is 1.12 bits per heavy atom. The van der Waals surface area contributed by atoms with Crippen LogP contribution in [0.15, 0.2) is 65.2 Å². The maximum absolute atomic E-state index is 13.8. The Hall–Kier alpha value is -2.95. The fourth-order valence-corrected chi connectivity index (χ4v) is 2.56. The lowest BCUT2D eigenvalue weighted by Gasteiger charge is -2.16. The van der Waals surface area contributed by atoms with Gasteiger partial charge in [0.05, 0.1) is 11.8 Å². The summed E-state index contributed by atoms with van der Waals surface area (Å²) >= 11 is 0. The Morgan fingerprint density at radius 2 is 1.84 bits per heavy atom. The first-order valence-electron chi connectivity index (χ1n) is 8.11. The molecule has 0 spiro atoms. The molecule has 4 nitrogen and oxygen atoms in total. The molecule has 0 saturated carbocycles. The van der Waals surface area contributed by atoms with Gasteiger partial charge in [-0.25, -0.2) is 9.37 Å². The molecule has 0 aliphatic heterocycles. The second kappa shape index (κ2) is 7.75. The van der Waals surface area contributed by atoms with Gasteiger partial charge in [0.1, 0.15) is 5.82 Å². The third-order valence-corrected chi connectivity index (χ3v) is 3.93. The van der Waals surface area contributed by atoms with Gasteiger partial charge in [-0.05, 0) is 17.7 Å². The van der Waals surface area contributed by atoms with Gasteiger partial charge in [-0.1, -0.05) is 42.5 Å². The van der Waals surface area contributed by atoms with Crippen LogP contribution in [0.4, 0.5) is 4.39 Å². The van der Waals surface area contributed by atoms with Crippen LogP contribution in [0.3, 0.4) is 0 Å². The molecule has 1 amide bonds. The molecule has 0 atom stereocenters. The lowest BCUT2D eigenvalue weighted by Crippen LogP contribution is -2.26. The first kappa shape index (κ1) is 16.9. The van der Waals surface area contributed by atoms with Crippen molar-refractivity contribution in [2.24, 2.45) is 0 Å². The van der Waals surface area contributed by atoms with E-state index < -0.39 is 0 Å². The molecule has 1 heterocycles. The second-order valence-electron chi connectivity index (χ2n) is 5.83. The van der Waals surface area contributed by atoms with Gasteiger partial charge in [0.15, 0.2) is 11.7 Å². The topological polar surface area (TPSA) is 46.3 Å². The quantitative estimate of drug-likeness (QED) is 0.680. The molecule has 0 aliphatic rings. The molecule has 0 bridgehead atoms. The van der Waals surface area contributed by atoms with Gasteiger partial charge in [0.25, 0.3) is 0 Å². The number of carbonyl (C=O) groups is 1. The van der Waals surface area contributed by atoms with Crippen LogP contribution in [0.1, 0.15) is 17.9 Å². The van der Waals surface area contributed by atoms with E-state index in [1.165, 1.54) is 12.3 Å². The van der Waals surface area contributed by atoms with Crippen molar-refractivity contribution in [3.63, 3.8) is 0 Å². The van der Waals surface area contributed by atoms with Crippen LogP contribution in [0.25, 0.3) is 11.3 Å². The fourth-order valence-electron chi connectivity index (χ4n) is 2.56. The molecule has 0 radical (unpaired) electrons. The highest BCUT2D eigenvalue weighted by Gasteiger charge is 2.14. The minimum absolute atomic E-state index is 0.00879. The van der Waals surface area contributed by atoms with Gasteiger partial charge in [0.2, 0.25) is 5.91 Å². The molecule has 5 heteroatoms. The Balaban J connectivity index is 1.57. The summed E-state index contributed by atoms with van der Waals surface area (Å²) in [4.78, 5) is 18.1.